The van der Waals surface area contributed by atoms with Crippen LogP contribution in [0.25, 0.3) is 0 Å². The predicted molar refractivity (Wildman–Crippen MR) is 134 cm³/mol. The molecular weight excluding hydrogens is 470 g/mol. The normalized spacial score (nSPS) is 21.5. The highest BCUT2D eigenvalue weighted by Crippen LogP contribution is 2.41. The van der Waals surface area contributed by atoms with Crippen LogP contribution in [0.3, 0.4) is 0 Å². The summed E-state index contributed by atoms with van der Waals surface area (Å²) >= 11 is 5.94. The lowest BCUT2D eigenvalue weighted by atomic mass is 10.0. The van der Waals surface area contributed by atoms with Crippen LogP contribution in [0.15, 0.2) is 41.4 Å². The number of hydrogen-bond acceptors (Lipinski definition) is 7. The van der Waals surface area contributed by atoms with E-state index in [0.29, 0.717) is 29.2 Å². The molecule has 2 amide bonds. The number of ketones is 1. The van der Waals surface area contributed by atoms with Crippen LogP contribution in [-0.4, -0.2) is 58.9 Å². The van der Waals surface area contributed by atoms with Gasteiger partial charge >= 0.3 is 0 Å². The second kappa shape index (κ2) is 10.4. The summed E-state index contributed by atoms with van der Waals surface area (Å²) < 4.78 is 5.24. The zero-order valence-corrected chi connectivity index (χ0v) is 20.4. The van der Waals surface area contributed by atoms with E-state index < -0.39 is 6.04 Å². The molecule has 1 aliphatic carbocycles. The molecule has 1 aromatic carbocycles. The zero-order chi connectivity index (χ0) is 25.1. The lowest BCUT2D eigenvalue weighted by Gasteiger charge is -2.28. The molecule has 2 aliphatic rings. The highest BCUT2D eigenvalue weighted by atomic mass is 35.5. The number of rotatable bonds is 7. The molecular formula is C25H28ClN5O4. The summed E-state index contributed by atoms with van der Waals surface area (Å²) in [7, 11) is 1.51. The maximum Gasteiger partial charge on any atom is 0.248 e. The number of benzene rings is 1. The molecule has 10 heteroatoms. The maximum atomic E-state index is 13.4. The van der Waals surface area contributed by atoms with Crippen molar-refractivity contribution in [3.63, 3.8) is 0 Å². The first kappa shape index (κ1) is 24.7. The van der Waals surface area contributed by atoms with Gasteiger partial charge in [0.15, 0.2) is 5.78 Å². The highest BCUT2D eigenvalue weighted by Gasteiger charge is 2.48. The predicted octanol–water partition coefficient (Wildman–Crippen LogP) is 3.11. The van der Waals surface area contributed by atoms with E-state index in [1.165, 1.54) is 14.0 Å². The number of carbonyl (C=O) groups is 3. The molecule has 1 aliphatic heterocycles. The van der Waals surface area contributed by atoms with Gasteiger partial charge < -0.3 is 20.7 Å². The fourth-order valence-corrected chi connectivity index (χ4v) is 5.22. The van der Waals surface area contributed by atoms with Gasteiger partial charge in [-0.25, -0.2) is 4.98 Å². The first-order chi connectivity index (χ1) is 16.8. The third-order valence-electron chi connectivity index (χ3n) is 6.62. The first-order valence-corrected chi connectivity index (χ1v) is 11.9. The lowest BCUT2D eigenvalue weighted by molar-refractivity contribution is -0.137. The number of hydrogen-bond donors (Lipinski definition) is 2. The van der Waals surface area contributed by atoms with Crippen LogP contribution in [0.4, 0.5) is 11.5 Å². The molecule has 1 aromatic heterocycles. The number of nitrogens with two attached hydrogens (primary N) is 1. The van der Waals surface area contributed by atoms with Crippen LogP contribution >= 0.6 is 11.6 Å². The number of nitrogens with one attached hydrogen (secondary N) is 1. The molecule has 2 aromatic rings. The van der Waals surface area contributed by atoms with Gasteiger partial charge in [-0.05, 0) is 55.5 Å². The van der Waals surface area contributed by atoms with Crippen molar-refractivity contribution >= 4 is 46.4 Å². The molecule has 3 atom stereocenters. The number of carbonyl (C=O) groups excluding carboxylic acids is 3. The van der Waals surface area contributed by atoms with Gasteiger partial charge in [-0.1, -0.05) is 24.1 Å². The Morgan fingerprint density at radius 2 is 2.06 bits per heavy atom. The smallest absolute Gasteiger partial charge is 0.248 e. The Bertz CT molecular complexity index is 1180. The number of amides is 2. The van der Waals surface area contributed by atoms with Crippen LogP contribution in [0.5, 0.6) is 5.75 Å². The molecule has 1 saturated carbocycles. The number of fused-ring (bicyclic) bond motifs is 1. The summed E-state index contributed by atoms with van der Waals surface area (Å²) in [5.41, 5.74) is 6.94. The fourth-order valence-electron chi connectivity index (χ4n) is 5.05. The third-order valence-corrected chi connectivity index (χ3v) is 6.83. The minimum absolute atomic E-state index is 0.0246. The molecule has 4 rings (SSSR count). The van der Waals surface area contributed by atoms with Crippen LogP contribution in [-0.2, 0) is 14.4 Å². The van der Waals surface area contributed by atoms with Crippen LogP contribution < -0.4 is 15.8 Å². The SMILES string of the molecule is COc1ccc(N)c(/C(=N\CC(=O)N2[C@H](C(=O)Nc3cccc(Cl)n3)C[C@@H]3CCC[C@@H]32)C(C)=O)c1. The van der Waals surface area contributed by atoms with Crippen LogP contribution in [0.2, 0.25) is 5.15 Å². The Morgan fingerprint density at radius 3 is 2.77 bits per heavy atom. The Balaban J connectivity index is 1.57. The average molecular weight is 498 g/mol. The molecule has 1 saturated heterocycles. The third kappa shape index (κ3) is 5.30. The minimum atomic E-state index is -0.642. The monoisotopic (exact) mass is 497 g/mol. The van der Waals surface area contributed by atoms with E-state index in [2.05, 4.69) is 15.3 Å². The number of nitrogen functional groups attached to an aromatic ring is 1. The summed E-state index contributed by atoms with van der Waals surface area (Å²) in [6.07, 6.45) is 3.39. The molecule has 0 radical (unpaired) electrons. The minimum Gasteiger partial charge on any atom is -0.497 e. The molecule has 2 heterocycles. The number of aromatic nitrogens is 1. The summed E-state index contributed by atoms with van der Waals surface area (Å²) in [5, 5.41) is 3.04. The van der Waals surface area contributed by atoms with Crippen molar-refractivity contribution in [2.24, 2.45) is 10.9 Å². The molecule has 0 bridgehead atoms. The number of ether oxygens (including phenoxy) is 1. The van der Waals surface area contributed by atoms with Gasteiger partial charge in [0.25, 0.3) is 0 Å². The fraction of sp³-hybridized carbons (Fsp3) is 0.400. The second-order valence-electron chi connectivity index (χ2n) is 8.82. The Labute approximate surface area is 208 Å². The van der Waals surface area contributed by atoms with Gasteiger partial charge in [0.1, 0.15) is 35.0 Å². The standard InChI is InChI=1S/C25H28ClN5O4/c1-14(32)24(17-12-16(35-2)9-10-18(17)27)28-13-23(33)31-19-6-3-5-15(19)11-20(31)25(34)30-22-8-4-7-21(26)29-22/h4,7-10,12,15,19-20H,3,5-6,11,13,27H2,1-2H3,(H,29,30,34)/b28-24-/t15-,19-,20-/m0/s1. The van der Waals surface area contributed by atoms with E-state index in [9.17, 15) is 14.4 Å². The van der Waals surface area contributed by atoms with Gasteiger partial charge in [-0.3, -0.25) is 19.4 Å². The van der Waals surface area contributed by atoms with Crippen molar-refractivity contribution in [3.05, 3.63) is 47.1 Å². The molecule has 184 valence electrons. The summed E-state index contributed by atoms with van der Waals surface area (Å²) in [5.74, 6) is 0.173. The van der Waals surface area contributed by atoms with Crippen molar-refractivity contribution in [3.8, 4) is 5.75 Å². The van der Waals surface area contributed by atoms with Crippen molar-refractivity contribution in [2.75, 3.05) is 24.7 Å². The topological polar surface area (TPSA) is 127 Å². The van der Waals surface area contributed by atoms with Crippen molar-refractivity contribution < 1.29 is 19.1 Å². The largest absolute Gasteiger partial charge is 0.497 e. The lowest BCUT2D eigenvalue weighted by Crippen LogP contribution is -2.48. The maximum absolute atomic E-state index is 13.4. The number of nitrogens with zero attached hydrogens (tertiary/aromatic N) is 3. The van der Waals surface area contributed by atoms with Crippen molar-refractivity contribution in [1.82, 2.24) is 9.88 Å². The zero-order valence-electron chi connectivity index (χ0n) is 19.7. The number of anilines is 2. The highest BCUT2D eigenvalue weighted by molar-refractivity contribution is 6.46. The number of methoxy groups -OCH3 is 1. The van der Waals surface area contributed by atoms with E-state index in [0.717, 1.165) is 19.3 Å². The van der Waals surface area contributed by atoms with E-state index in [4.69, 9.17) is 22.1 Å². The quantitative estimate of drug-likeness (QED) is 0.344. The van der Waals surface area contributed by atoms with Crippen molar-refractivity contribution in [2.45, 2.75) is 44.7 Å². The summed E-state index contributed by atoms with van der Waals surface area (Å²) in [6.45, 7) is 1.10. The van der Waals surface area contributed by atoms with E-state index >= 15 is 0 Å². The van der Waals surface area contributed by atoms with E-state index in [1.54, 1.807) is 41.3 Å². The van der Waals surface area contributed by atoms with E-state index in [1.807, 2.05) is 0 Å². The van der Waals surface area contributed by atoms with Crippen LogP contribution in [0.1, 0.15) is 38.2 Å². The Kier molecular flexibility index (Phi) is 7.35. The number of pyridine rings is 1. The van der Waals surface area contributed by atoms with Gasteiger partial charge in [0.2, 0.25) is 11.8 Å². The van der Waals surface area contributed by atoms with Crippen molar-refractivity contribution in [1.29, 1.82) is 0 Å². The average Bonchev–Trinajstić information content (AvgIpc) is 3.41. The number of likely N-dealkylation sites (tertiary alicyclic amines) is 1. The first-order valence-electron chi connectivity index (χ1n) is 11.5. The van der Waals surface area contributed by atoms with Gasteiger partial charge in [-0.15, -0.1) is 0 Å². The second-order valence-corrected chi connectivity index (χ2v) is 9.21. The van der Waals surface area contributed by atoms with E-state index in [-0.39, 0.29) is 47.0 Å². The molecule has 0 spiro atoms. The van der Waals surface area contributed by atoms with Gasteiger partial charge in [0, 0.05) is 24.2 Å². The molecule has 3 N–H and O–H groups in total. The number of halogens is 1. The molecule has 35 heavy (non-hydrogen) atoms. The summed E-state index contributed by atoms with van der Waals surface area (Å²) in [6, 6.07) is 9.23. The molecule has 9 nitrogen and oxygen atoms in total. The number of aliphatic imine (C=N–C) groups is 1. The Morgan fingerprint density at radius 1 is 1.26 bits per heavy atom. The number of Topliss-reactive ketones (excluding diaryl/α,β-unsaturated/α-hetero) is 1. The Hall–Kier alpha value is -3.46. The van der Waals surface area contributed by atoms with Crippen LogP contribution in [0, 0.1) is 5.92 Å². The molecule has 2 fully saturated rings. The summed E-state index contributed by atoms with van der Waals surface area (Å²) in [4.78, 5) is 49.1. The van der Waals surface area contributed by atoms with Gasteiger partial charge in [-0.2, -0.15) is 0 Å². The molecule has 0 unspecified atom stereocenters. The van der Waals surface area contributed by atoms with Gasteiger partial charge in [0.05, 0.1) is 7.11 Å².